The van der Waals surface area contributed by atoms with Crippen LogP contribution in [0.15, 0.2) is 230 Å². The smallest absolute Gasteiger partial charge is 0.0645 e. The van der Waals surface area contributed by atoms with Crippen LogP contribution in [0.4, 0.5) is 34.1 Å². The van der Waals surface area contributed by atoms with E-state index in [9.17, 15) is 11.0 Å². The number of benzene rings is 11. The van der Waals surface area contributed by atoms with Gasteiger partial charge in [0.05, 0.1) is 69.6 Å². The van der Waals surface area contributed by atoms with E-state index < -0.39 is 36.3 Å². The number of para-hydroxylation sites is 4. The zero-order valence-corrected chi connectivity index (χ0v) is 49.1. The first-order valence-electron chi connectivity index (χ1n) is 34.3. The lowest BCUT2D eigenvalue weighted by Gasteiger charge is -2.29. The fourth-order valence-corrected chi connectivity index (χ4v) is 13.6. The predicted molar refractivity (Wildman–Crippen MR) is 362 cm³/mol. The number of hydrogen-bond acceptors (Lipinski definition) is 2. The summed E-state index contributed by atoms with van der Waals surface area (Å²) in [6.45, 7) is 22.0. The fraction of sp³-hybridized carbons (Fsp3) is 0.175. The molecule has 4 heteroatoms. The van der Waals surface area contributed by atoms with E-state index in [1.165, 1.54) is 0 Å². The molecule has 11 aromatic carbocycles. The summed E-state index contributed by atoms with van der Waals surface area (Å²) in [5.74, 6) is 0.336. The van der Waals surface area contributed by atoms with E-state index >= 15 is 0 Å². The first kappa shape index (κ1) is 41.6. The van der Waals surface area contributed by atoms with Crippen LogP contribution in [0.1, 0.15) is 117 Å². The van der Waals surface area contributed by atoms with Crippen LogP contribution in [0.25, 0.3) is 98.4 Å². The molecule has 0 unspecified atom stereocenters. The maximum Gasteiger partial charge on any atom is 0.0645 e. The maximum absolute atomic E-state index is 9.75. The quantitative estimate of drug-likeness (QED) is 0.136. The molecule has 15 aromatic rings. The van der Waals surface area contributed by atoms with E-state index in [1.807, 2.05) is 58.3 Å². The number of rotatable bonds is 10. The van der Waals surface area contributed by atoms with Gasteiger partial charge >= 0.3 is 0 Å². The van der Waals surface area contributed by atoms with Crippen LogP contribution < -0.4 is 9.80 Å². The lowest BCUT2D eigenvalue weighted by atomic mass is 9.85. The Hall–Kier alpha value is -9.38. The van der Waals surface area contributed by atoms with E-state index in [2.05, 4.69) is 199 Å². The Morgan fingerprint density at radius 3 is 1.11 bits per heavy atom. The Morgan fingerprint density at radius 1 is 0.357 bits per heavy atom. The molecule has 410 valence electrons. The lowest BCUT2D eigenvalue weighted by molar-refractivity contribution is 0.594. The summed E-state index contributed by atoms with van der Waals surface area (Å²) in [5, 5.41) is 7.56. The average molecular weight is 1100 g/mol. The normalized spacial score (nSPS) is 14.3. The van der Waals surface area contributed by atoms with Gasteiger partial charge in [0.25, 0.3) is 0 Å². The van der Waals surface area contributed by atoms with E-state index in [1.54, 1.807) is 0 Å². The van der Waals surface area contributed by atoms with Crippen molar-refractivity contribution in [1.29, 1.82) is 0 Å². The van der Waals surface area contributed by atoms with Crippen LogP contribution in [0.5, 0.6) is 0 Å². The molecule has 0 aliphatic heterocycles. The molecule has 4 heterocycles. The number of anilines is 6. The molecule has 4 aromatic heterocycles. The molecule has 0 aliphatic carbocycles. The molecule has 84 heavy (non-hydrogen) atoms. The number of fused-ring (bicyclic) bond motifs is 12. The second-order valence-corrected chi connectivity index (χ2v) is 25.4. The van der Waals surface area contributed by atoms with Gasteiger partial charge in [-0.15, -0.1) is 0 Å². The molecule has 0 fully saturated rings. The van der Waals surface area contributed by atoms with Gasteiger partial charge in [0, 0.05) is 65.6 Å². The lowest BCUT2D eigenvalue weighted by Crippen LogP contribution is -2.12. The molecule has 4 nitrogen and oxygen atoms in total. The Morgan fingerprint density at radius 2 is 0.738 bits per heavy atom. The molecule has 0 bridgehead atoms. The highest BCUT2D eigenvalue weighted by Gasteiger charge is 2.33. The second kappa shape index (κ2) is 19.1. The first-order valence-corrected chi connectivity index (χ1v) is 29.3. The third kappa shape index (κ3) is 7.79. The van der Waals surface area contributed by atoms with Crippen LogP contribution in [-0.4, -0.2) is 8.80 Å². The van der Waals surface area contributed by atoms with E-state index in [4.69, 9.17) is 2.74 Å². The van der Waals surface area contributed by atoms with Crippen molar-refractivity contribution in [2.45, 2.75) is 91.9 Å². The van der Waals surface area contributed by atoms with Gasteiger partial charge in [-0.3, -0.25) is 0 Å². The molecule has 0 amide bonds. The van der Waals surface area contributed by atoms with Crippen molar-refractivity contribution in [2.75, 3.05) is 9.80 Å². The van der Waals surface area contributed by atoms with Gasteiger partial charge in [0.2, 0.25) is 0 Å². The van der Waals surface area contributed by atoms with Crippen LogP contribution in [0.2, 0.25) is 0 Å². The molecule has 0 radical (unpaired) electrons. The molecular weight excluding hydrogens is 1020 g/mol. The highest BCUT2D eigenvalue weighted by atomic mass is 15.2. The summed E-state index contributed by atoms with van der Waals surface area (Å²) in [7, 11) is 0. The number of aromatic nitrogens is 2. The molecule has 0 atom stereocenters. The minimum absolute atomic E-state index is 0.0428. The summed E-state index contributed by atoms with van der Waals surface area (Å²) < 4.78 is 98.1. The topological polar surface area (TPSA) is 15.3 Å². The van der Waals surface area contributed by atoms with Crippen molar-refractivity contribution in [3.05, 3.63) is 253 Å². The monoisotopic (exact) mass is 1100 g/mol. The van der Waals surface area contributed by atoms with Crippen molar-refractivity contribution >= 4 is 110 Å². The van der Waals surface area contributed by atoms with Gasteiger partial charge in [-0.25, -0.2) is 0 Å². The molecule has 15 rings (SSSR count). The zero-order chi connectivity index (χ0) is 66.2. The second-order valence-electron chi connectivity index (χ2n) is 25.4. The Kier molecular flexibility index (Phi) is 9.45. The Bertz CT molecular complexity index is 5250. The van der Waals surface area contributed by atoms with Gasteiger partial charge in [-0.1, -0.05) is 227 Å². The fourth-order valence-electron chi connectivity index (χ4n) is 13.6. The number of nitrogens with zero attached hydrogens (tertiary/aromatic N) is 4. The minimum Gasteiger partial charge on any atom is -0.309 e. The van der Waals surface area contributed by atoms with E-state index in [-0.39, 0.29) is 58.2 Å². The van der Waals surface area contributed by atoms with Crippen LogP contribution in [-0.2, 0) is 10.8 Å². The standard InChI is InChI=1S/C80H70N4/c1-49(2)53-37-41-67(61(45-53)51-25-15-11-16-26-51)81(55-29-19-13-20-30-55)69-43-39-57-63-47-72-64(48-71(63)83-75-59(73(69)77(57)83)33-23-35-65(75)79(5,6)7)58-40-44-70(74-60-34-24-36-66(80(8,9)10)76(60)84(72)78(58)74)82(56-31-21-14-22-32-56)68-42-38-54(50(3)4)46-62(68)52-27-17-12-18-28-52/h11-50H,1-10H3/i13D,14D,19D,20D,21D,22D,29D,30D,31D,32D. The summed E-state index contributed by atoms with van der Waals surface area (Å²) in [5.41, 5.74) is 15.7. The highest BCUT2D eigenvalue weighted by Crippen LogP contribution is 2.54. The van der Waals surface area contributed by atoms with Crippen LogP contribution >= 0.6 is 0 Å². The van der Waals surface area contributed by atoms with Crippen molar-refractivity contribution in [3.8, 4) is 22.3 Å². The van der Waals surface area contributed by atoms with E-state index in [0.717, 1.165) is 121 Å². The summed E-state index contributed by atoms with van der Waals surface area (Å²) in [6.07, 6.45) is 0. The third-order valence-corrected chi connectivity index (χ3v) is 17.5. The van der Waals surface area contributed by atoms with E-state index in [0.29, 0.717) is 22.7 Å². The van der Waals surface area contributed by atoms with Crippen molar-refractivity contribution in [3.63, 3.8) is 0 Å². The molecule has 0 N–H and O–H groups in total. The third-order valence-electron chi connectivity index (χ3n) is 17.5. The zero-order valence-electron chi connectivity index (χ0n) is 59.1. The van der Waals surface area contributed by atoms with Gasteiger partial charge in [0.15, 0.2) is 0 Å². The van der Waals surface area contributed by atoms with Crippen LogP contribution in [0.3, 0.4) is 0 Å². The molecule has 0 spiro atoms. The van der Waals surface area contributed by atoms with Crippen molar-refractivity contribution < 1.29 is 13.7 Å². The van der Waals surface area contributed by atoms with Gasteiger partial charge < -0.3 is 18.6 Å². The number of hydrogen-bond donors (Lipinski definition) is 0. The molecular formula is C80H70N4. The first-order chi connectivity index (χ1) is 44.8. The molecule has 0 saturated carbocycles. The summed E-state index contributed by atoms with van der Waals surface area (Å²) >= 11 is 0. The summed E-state index contributed by atoms with van der Waals surface area (Å²) in [4.78, 5) is 3.84. The van der Waals surface area contributed by atoms with Crippen molar-refractivity contribution in [1.82, 2.24) is 8.80 Å². The average Bonchev–Trinajstić information content (AvgIpc) is 1.51. The summed E-state index contributed by atoms with van der Waals surface area (Å²) in [6, 6.07) is 54.9. The van der Waals surface area contributed by atoms with Gasteiger partial charge in [-0.05, 0) is 129 Å². The predicted octanol–water partition coefficient (Wildman–Crippen LogP) is 23.1. The largest absolute Gasteiger partial charge is 0.309 e. The molecule has 0 saturated heterocycles. The SMILES string of the molecule is [2H]c1c([2H])c([2H])c(N(c2ccc(C(C)C)cc2-c2ccccc2)c2ccc3c4cc5c(cc4n4c6c(C(C)(C)C)cccc6c2c34)c2ccc(N(c3ccc(C(C)C)cc3-c3ccccc3)c3c([2H])c([2H])c([2H])c([2H])c3[2H])c3c4cccc(C(C)(C)C)c4n5c23)c([2H])c1[2H]. The molecule has 0 aliphatic rings. The highest BCUT2D eigenvalue weighted by molar-refractivity contribution is 6.33. The minimum atomic E-state index is -0.467. The van der Waals surface area contributed by atoms with Gasteiger partial charge in [-0.2, -0.15) is 0 Å². The Balaban J connectivity index is 1.10. The Labute approximate surface area is 507 Å². The van der Waals surface area contributed by atoms with Crippen LogP contribution in [0, 0.1) is 0 Å². The van der Waals surface area contributed by atoms with Gasteiger partial charge in [0.1, 0.15) is 0 Å². The maximum atomic E-state index is 9.75. The van der Waals surface area contributed by atoms with Crippen molar-refractivity contribution in [2.24, 2.45) is 0 Å².